The first kappa shape index (κ1) is 38.5. The largest absolute Gasteiger partial charge is 0.478 e. The van der Waals surface area contributed by atoms with Gasteiger partial charge in [0.25, 0.3) is 0 Å². The number of carboxylic acids is 1. The zero-order valence-corrected chi connectivity index (χ0v) is 33.4. The van der Waals surface area contributed by atoms with Crippen LogP contribution in [0.2, 0.25) is 25.7 Å². The predicted molar refractivity (Wildman–Crippen MR) is 215 cm³/mol. The molecule has 288 valence electrons. The molecular weight excluding hydrogens is 709 g/mol. The van der Waals surface area contributed by atoms with Gasteiger partial charge in [-0.3, -0.25) is 0 Å². The van der Waals surface area contributed by atoms with E-state index in [9.17, 15) is 9.90 Å². The SMILES string of the molecule is CC1(C)O[C@@H]2[C@@H](O1)[C@@H](Cc1ccccc1)N(Cc1ccc3c(cnn3COCC[Si](C)(C)C)c1)C(=O)N(Cc1cccc(C(=O)O)c1)[C@@H]2Cc1ccccc1. The van der Waals surface area contributed by atoms with Crippen molar-refractivity contribution in [1.82, 2.24) is 19.6 Å². The lowest BCUT2D eigenvalue weighted by Crippen LogP contribution is -2.51. The fraction of sp³-hybridized carbons (Fsp3) is 0.386. The Morgan fingerprint density at radius 1 is 0.782 bits per heavy atom. The molecule has 2 amide bonds. The van der Waals surface area contributed by atoms with E-state index in [4.69, 9.17) is 14.2 Å². The number of carboxylic acid groups (broad SMARTS) is 1. The van der Waals surface area contributed by atoms with E-state index >= 15 is 4.79 Å². The molecular formula is C44H52N4O6Si. The molecule has 2 aliphatic rings. The summed E-state index contributed by atoms with van der Waals surface area (Å²) in [4.78, 5) is 31.3. The Labute approximate surface area is 324 Å². The minimum absolute atomic E-state index is 0.159. The number of hydrogen-bond donors (Lipinski definition) is 1. The number of fused-ring (bicyclic) bond motifs is 2. The minimum Gasteiger partial charge on any atom is -0.478 e. The van der Waals surface area contributed by atoms with E-state index in [1.807, 2.05) is 77.0 Å². The molecule has 5 aromatic rings. The van der Waals surface area contributed by atoms with Gasteiger partial charge in [-0.15, -0.1) is 0 Å². The van der Waals surface area contributed by atoms with Gasteiger partial charge in [0, 0.05) is 33.2 Å². The molecule has 4 atom stereocenters. The molecule has 2 fully saturated rings. The molecule has 2 aliphatic heterocycles. The van der Waals surface area contributed by atoms with Gasteiger partial charge in [0.2, 0.25) is 0 Å². The number of aromatic nitrogens is 2. The number of urea groups is 1. The van der Waals surface area contributed by atoms with Gasteiger partial charge in [-0.2, -0.15) is 5.10 Å². The van der Waals surface area contributed by atoms with Crippen LogP contribution < -0.4 is 0 Å². The van der Waals surface area contributed by atoms with Gasteiger partial charge in [-0.05, 0) is 79.3 Å². The highest BCUT2D eigenvalue weighted by Crippen LogP contribution is 2.40. The number of carbonyl (C=O) groups excluding carboxylic acids is 1. The number of amides is 2. The molecule has 1 aromatic heterocycles. The van der Waals surface area contributed by atoms with Crippen molar-refractivity contribution >= 4 is 31.0 Å². The number of carbonyl (C=O) groups is 2. The smallest absolute Gasteiger partial charge is 0.335 e. The van der Waals surface area contributed by atoms with Crippen molar-refractivity contribution in [2.75, 3.05) is 6.61 Å². The van der Waals surface area contributed by atoms with E-state index in [0.717, 1.165) is 39.2 Å². The van der Waals surface area contributed by atoms with Crippen LogP contribution in [0.3, 0.4) is 0 Å². The highest BCUT2D eigenvalue weighted by Gasteiger charge is 2.55. The molecule has 11 heteroatoms. The molecule has 2 saturated heterocycles. The first-order valence-corrected chi connectivity index (χ1v) is 22.9. The Kier molecular flexibility index (Phi) is 11.3. The number of rotatable bonds is 14. The Morgan fingerprint density at radius 3 is 1.91 bits per heavy atom. The fourth-order valence-corrected chi connectivity index (χ4v) is 8.57. The molecule has 4 aromatic carbocycles. The number of ether oxygens (including phenoxy) is 3. The average Bonchev–Trinajstić information content (AvgIpc) is 3.70. The molecule has 0 spiro atoms. The van der Waals surface area contributed by atoms with E-state index in [1.165, 1.54) is 0 Å². The lowest BCUT2D eigenvalue weighted by atomic mass is 9.91. The Balaban J connectivity index is 1.28. The maximum atomic E-state index is 15.4. The van der Waals surface area contributed by atoms with Crippen LogP contribution in [-0.4, -0.2) is 81.4 Å². The van der Waals surface area contributed by atoms with E-state index in [-0.39, 0.29) is 24.2 Å². The van der Waals surface area contributed by atoms with Gasteiger partial charge in [0.15, 0.2) is 5.79 Å². The second kappa shape index (κ2) is 16.1. The molecule has 7 rings (SSSR count). The van der Waals surface area contributed by atoms with E-state index in [1.54, 1.807) is 18.2 Å². The van der Waals surface area contributed by atoms with Crippen molar-refractivity contribution in [1.29, 1.82) is 0 Å². The third-order valence-electron chi connectivity index (χ3n) is 10.6. The summed E-state index contributed by atoms with van der Waals surface area (Å²) in [5.41, 5.74) is 4.98. The standard InChI is InChI=1S/C44H52N4O6Si/c1-44(2)53-40-38(25-31-13-8-6-9-14-31)46(28-33-17-12-18-35(23-33)42(49)50)43(51)47(39(41(40)54-44)26-32-15-10-7-11-16-32)29-34-19-20-37-36(24-34)27-45-48(37)30-52-21-22-55(3,4)5/h6-20,23-24,27,38-41H,21-22,25-26,28-30H2,1-5H3,(H,49,50)/t38-,39-,40+,41+/m1/s1. The molecule has 0 saturated carbocycles. The van der Waals surface area contributed by atoms with Crippen LogP contribution in [0.25, 0.3) is 10.9 Å². The second-order valence-electron chi connectivity index (χ2n) is 16.5. The number of aromatic carboxylic acids is 1. The quantitative estimate of drug-likeness (QED) is 0.0898. The van der Waals surface area contributed by atoms with Crippen LogP contribution in [-0.2, 0) is 46.9 Å². The molecule has 0 radical (unpaired) electrons. The summed E-state index contributed by atoms with van der Waals surface area (Å²) in [6, 6.07) is 33.5. The molecule has 55 heavy (non-hydrogen) atoms. The first-order valence-electron chi connectivity index (χ1n) is 19.2. The monoisotopic (exact) mass is 760 g/mol. The summed E-state index contributed by atoms with van der Waals surface area (Å²) in [6.45, 7) is 12.5. The predicted octanol–water partition coefficient (Wildman–Crippen LogP) is 8.23. The van der Waals surface area contributed by atoms with Gasteiger partial charge in [-0.25, -0.2) is 14.3 Å². The van der Waals surface area contributed by atoms with Gasteiger partial charge in [0.1, 0.15) is 18.9 Å². The van der Waals surface area contributed by atoms with Crippen molar-refractivity contribution in [3.63, 3.8) is 0 Å². The van der Waals surface area contributed by atoms with Gasteiger partial charge in [0.05, 0.1) is 29.4 Å². The van der Waals surface area contributed by atoms with Gasteiger partial charge >= 0.3 is 12.0 Å². The third-order valence-corrected chi connectivity index (χ3v) is 12.3. The van der Waals surface area contributed by atoms with Crippen molar-refractivity contribution in [2.45, 2.75) is 102 Å². The number of benzene rings is 4. The first-order chi connectivity index (χ1) is 26.3. The molecule has 3 heterocycles. The zero-order chi connectivity index (χ0) is 38.7. The Bertz CT molecular complexity index is 2100. The average molecular weight is 761 g/mol. The topological polar surface area (TPSA) is 106 Å². The summed E-state index contributed by atoms with van der Waals surface area (Å²) in [7, 11) is -1.21. The van der Waals surface area contributed by atoms with Crippen molar-refractivity contribution in [3.05, 3.63) is 137 Å². The second-order valence-corrected chi connectivity index (χ2v) is 22.1. The van der Waals surface area contributed by atoms with Crippen molar-refractivity contribution < 1.29 is 28.9 Å². The van der Waals surface area contributed by atoms with Crippen molar-refractivity contribution in [2.24, 2.45) is 0 Å². The number of nitrogens with zero attached hydrogens (tertiary/aromatic N) is 4. The summed E-state index contributed by atoms with van der Waals surface area (Å²) >= 11 is 0. The Morgan fingerprint density at radius 2 is 1.35 bits per heavy atom. The summed E-state index contributed by atoms with van der Waals surface area (Å²) in [6.07, 6.45) is 2.02. The molecule has 1 N–H and O–H groups in total. The van der Waals surface area contributed by atoms with Crippen LogP contribution in [0.15, 0.2) is 109 Å². The summed E-state index contributed by atoms with van der Waals surface area (Å²) < 4.78 is 21.6. The highest BCUT2D eigenvalue weighted by molar-refractivity contribution is 6.76. The summed E-state index contributed by atoms with van der Waals surface area (Å²) in [5, 5.41) is 15.5. The third kappa shape index (κ3) is 9.19. The minimum atomic E-state index is -1.21. The normalized spacial score (nSPS) is 21.1. The van der Waals surface area contributed by atoms with Crippen LogP contribution in [0.1, 0.15) is 46.5 Å². The van der Waals surface area contributed by atoms with Crippen LogP contribution in [0.4, 0.5) is 4.79 Å². The van der Waals surface area contributed by atoms with Crippen LogP contribution in [0, 0.1) is 0 Å². The summed E-state index contributed by atoms with van der Waals surface area (Å²) in [5.74, 6) is -1.91. The molecule has 0 aliphatic carbocycles. The van der Waals surface area contributed by atoms with Crippen molar-refractivity contribution in [3.8, 4) is 0 Å². The maximum Gasteiger partial charge on any atom is 0.335 e. The number of hydrogen-bond acceptors (Lipinski definition) is 6. The molecule has 0 unspecified atom stereocenters. The van der Waals surface area contributed by atoms with Gasteiger partial charge in [-0.1, -0.05) is 98.5 Å². The van der Waals surface area contributed by atoms with Gasteiger partial charge < -0.3 is 29.1 Å². The highest BCUT2D eigenvalue weighted by atomic mass is 28.3. The van der Waals surface area contributed by atoms with Crippen LogP contribution in [0.5, 0.6) is 0 Å². The van der Waals surface area contributed by atoms with E-state index in [0.29, 0.717) is 32.7 Å². The molecule has 10 nitrogen and oxygen atoms in total. The Hall–Kier alpha value is -4.81. The zero-order valence-electron chi connectivity index (χ0n) is 32.4. The fourth-order valence-electron chi connectivity index (χ4n) is 7.81. The lowest BCUT2D eigenvalue weighted by Gasteiger charge is -2.37. The molecule has 0 bridgehead atoms. The maximum absolute atomic E-state index is 15.4. The van der Waals surface area contributed by atoms with E-state index < -0.39 is 38.1 Å². The van der Waals surface area contributed by atoms with Crippen LogP contribution >= 0.6 is 0 Å². The lowest BCUT2D eigenvalue weighted by molar-refractivity contribution is -0.157. The van der Waals surface area contributed by atoms with E-state index in [2.05, 4.69) is 67.2 Å².